The maximum absolute atomic E-state index is 11.6. The van der Waals surface area contributed by atoms with Gasteiger partial charge in [0.15, 0.2) is 33.0 Å². The van der Waals surface area contributed by atoms with Crippen LogP contribution in [0.15, 0.2) is 41.8 Å². The Labute approximate surface area is 167 Å². The lowest BCUT2D eigenvalue weighted by Crippen LogP contribution is -2.30. The van der Waals surface area contributed by atoms with E-state index in [-0.39, 0.29) is 4.90 Å². The minimum absolute atomic E-state index is 0.260. The number of aliphatic hydroxyl groups excluding tert-OH is 2. The number of nitrogens with zero attached hydrogens (tertiary/aromatic N) is 4. The number of nitrogens with one attached hydrogen (secondary N) is 1. The first-order valence-corrected chi connectivity index (χ1v) is 10.9. The number of benzene rings is 1. The third kappa shape index (κ3) is 3.69. The van der Waals surface area contributed by atoms with Crippen LogP contribution in [0.1, 0.15) is 18.7 Å². The summed E-state index contributed by atoms with van der Waals surface area (Å²) in [5.41, 5.74) is 1.82. The van der Waals surface area contributed by atoms with Crippen LogP contribution in [0.5, 0.6) is 0 Å². The molecule has 0 unspecified atom stereocenters. The molecule has 0 amide bonds. The second kappa shape index (κ2) is 7.34. The van der Waals surface area contributed by atoms with E-state index in [1.807, 2.05) is 0 Å². The van der Waals surface area contributed by atoms with Gasteiger partial charge in [0.1, 0.15) is 18.5 Å². The molecular weight excluding hydrogens is 398 g/mol. The van der Waals surface area contributed by atoms with Crippen molar-refractivity contribution in [2.75, 3.05) is 11.6 Å². The van der Waals surface area contributed by atoms with E-state index in [9.17, 15) is 18.6 Å². The summed E-state index contributed by atoms with van der Waals surface area (Å²) in [5, 5.41) is 23.4. The summed E-state index contributed by atoms with van der Waals surface area (Å²) in [6.45, 7) is 2.09. The number of rotatable bonds is 5. The topological polar surface area (TPSA) is 139 Å². The van der Waals surface area contributed by atoms with Crippen molar-refractivity contribution in [2.45, 2.75) is 42.9 Å². The van der Waals surface area contributed by atoms with Gasteiger partial charge in [0, 0.05) is 12.8 Å². The Hall–Kier alpha value is -2.60. The Kier molecular flexibility index (Phi) is 4.99. The molecule has 0 radical (unpaired) electrons. The quantitative estimate of drug-likeness (QED) is 0.539. The molecule has 0 saturated carbocycles. The van der Waals surface area contributed by atoms with Crippen LogP contribution in [0, 0.1) is 0 Å². The van der Waals surface area contributed by atoms with E-state index in [1.54, 1.807) is 35.8 Å². The molecule has 1 aromatic carbocycles. The fourth-order valence-electron chi connectivity index (χ4n) is 3.27. The number of imidazole rings is 1. The Morgan fingerprint density at radius 1 is 1.14 bits per heavy atom. The average Bonchev–Trinajstić information content (AvgIpc) is 3.23. The van der Waals surface area contributed by atoms with Crippen molar-refractivity contribution < 1.29 is 23.4 Å². The largest absolute Gasteiger partial charge is 0.388 e. The molecule has 0 aliphatic carbocycles. The SMILES string of the molecule is C[C@H]1O[C@@H](n2cnc3c(NCc4ccc(S(C)(=O)=O)cc4)ncnc32)[C@H](O)[C@@H]1O. The van der Waals surface area contributed by atoms with Crippen molar-refractivity contribution in [3.05, 3.63) is 42.5 Å². The lowest BCUT2D eigenvalue weighted by Gasteiger charge is -2.16. The minimum atomic E-state index is -3.24. The minimum Gasteiger partial charge on any atom is -0.388 e. The van der Waals surface area contributed by atoms with Crippen LogP contribution in [0.25, 0.3) is 11.2 Å². The zero-order valence-corrected chi connectivity index (χ0v) is 16.6. The van der Waals surface area contributed by atoms with Gasteiger partial charge in [-0.1, -0.05) is 12.1 Å². The normalized spacial score (nSPS) is 24.8. The van der Waals surface area contributed by atoms with Gasteiger partial charge in [0.05, 0.1) is 17.3 Å². The van der Waals surface area contributed by atoms with Gasteiger partial charge < -0.3 is 20.3 Å². The second-order valence-corrected chi connectivity index (χ2v) is 9.04. The lowest BCUT2D eigenvalue weighted by atomic mass is 10.1. The molecule has 11 heteroatoms. The Morgan fingerprint density at radius 2 is 1.86 bits per heavy atom. The number of aliphatic hydroxyl groups is 2. The van der Waals surface area contributed by atoms with Gasteiger partial charge in [-0.15, -0.1) is 0 Å². The summed E-state index contributed by atoms with van der Waals surface area (Å²) in [6, 6.07) is 6.57. The number of ether oxygens (including phenoxy) is 1. The first kappa shape index (κ1) is 19.7. The van der Waals surface area contributed by atoms with E-state index in [1.165, 1.54) is 18.9 Å². The molecule has 2 aromatic heterocycles. The van der Waals surface area contributed by atoms with Crippen molar-refractivity contribution in [1.29, 1.82) is 0 Å². The van der Waals surface area contributed by atoms with Crippen LogP contribution in [0.4, 0.5) is 5.82 Å². The molecule has 154 valence electrons. The third-order valence-electron chi connectivity index (χ3n) is 4.92. The van der Waals surface area contributed by atoms with Crippen LogP contribution in [-0.2, 0) is 21.1 Å². The molecule has 0 bridgehead atoms. The summed E-state index contributed by atoms with van der Waals surface area (Å²) >= 11 is 0. The van der Waals surface area contributed by atoms with E-state index < -0.39 is 34.4 Å². The van der Waals surface area contributed by atoms with Gasteiger partial charge in [0.25, 0.3) is 0 Å². The summed E-state index contributed by atoms with van der Waals surface area (Å²) in [6.07, 6.45) is 0.631. The molecule has 1 fully saturated rings. The first-order valence-electron chi connectivity index (χ1n) is 8.97. The van der Waals surface area contributed by atoms with Gasteiger partial charge in [-0.3, -0.25) is 4.57 Å². The molecule has 1 aliphatic rings. The van der Waals surface area contributed by atoms with Gasteiger partial charge in [-0.25, -0.2) is 23.4 Å². The molecular formula is C18H21N5O5S. The molecule has 29 heavy (non-hydrogen) atoms. The standard InChI is InChI=1S/C18H21N5O5S/c1-10-14(24)15(25)18(28-10)23-9-22-13-16(20-8-21-17(13)23)19-7-11-3-5-12(6-4-11)29(2,26)27/h3-6,8-10,14-15,18,24-25H,7H2,1-2H3,(H,19,20,21)/t10-,14-,15-,18-/m1/s1. The number of anilines is 1. The molecule has 1 aliphatic heterocycles. The maximum Gasteiger partial charge on any atom is 0.175 e. The monoisotopic (exact) mass is 419 g/mol. The van der Waals surface area contributed by atoms with Crippen LogP contribution in [0.3, 0.4) is 0 Å². The molecule has 4 atom stereocenters. The van der Waals surface area contributed by atoms with Crippen molar-refractivity contribution in [1.82, 2.24) is 19.5 Å². The first-order chi connectivity index (χ1) is 13.8. The molecule has 0 spiro atoms. The highest BCUT2D eigenvalue weighted by Gasteiger charge is 2.42. The zero-order chi connectivity index (χ0) is 20.8. The molecule has 1 saturated heterocycles. The van der Waals surface area contributed by atoms with Crippen molar-refractivity contribution in [3.63, 3.8) is 0 Å². The predicted molar refractivity (Wildman–Crippen MR) is 104 cm³/mol. The molecule has 3 heterocycles. The Bertz CT molecular complexity index is 1130. The molecule has 10 nitrogen and oxygen atoms in total. The summed E-state index contributed by atoms with van der Waals surface area (Å²) in [7, 11) is -3.24. The number of fused-ring (bicyclic) bond motifs is 1. The average molecular weight is 419 g/mol. The van der Waals surface area contributed by atoms with E-state index in [4.69, 9.17) is 4.74 Å². The van der Waals surface area contributed by atoms with Crippen LogP contribution in [0.2, 0.25) is 0 Å². The van der Waals surface area contributed by atoms with Crippen LogP contribution in [-0.4, -0.2) is 62.7 Å². The molecule has 4 rings (SSSR count). The molecule has 3 aromatic rings. The summed E-state index contributed by atoms with van der Waals surface area (Å²) in [4.78, 5) is 13.0. The van der Waals surface area contributed by atoms with Gasteiger partial charge >= 0.3 is 0 Å². The zero-order valence-electron chi connectivity index (χ0n) is 15.8. The van der Waals surface area contributed by atoms with Gasteiger partial charge in [-0.05, 0) is 24.6 Å². The molecule has 3 N–H and O–H groups in total. The van der Waals surface area contributed by atoms with Crippen LogP contribution >= 0.6 is 0 Å². The van der Waals surface area contributed by atoms with Crippen molar-refractivity contribution in [3.8, 4) is 0 Å². The highest BCUT2D eigenvalue weighted by molar-refractivity contribution is 7.90. The highest BCUT2D eigenvalue weighted by Crippen LogP contribution is 2.32. The lowest BCUT2D eigenvalue weighted by molar-refractivity contribution is -0.0299. The maximum atomic E-state index is 11.6. The number of sulfone groups is 1. The predicted octanol–water partition coefficient (Wildman–Crippen LogP) is 0.481. The van der Waals surface area contributed by atoms with Crippen molar-refractivity contribution in [2.24, 2.45) is 0 Å². The smallest absolute Gasteiger partial charge is 0.175 e. The van der Waals surface area contributed by atoms with E-state index in [0.717, 1.165) is 5.56 Å². The second-order valence-electron chi connectivity index (χ2n) is 7.03. The van der Waals surface area contributed by atoms with Gasteiger partial charge in [-0.2, -0.15) is 0 Å². The highest BCUT2D eigenvalue weighted by atomic mass is 32.2. The third-order valence-corrected chi connectivity index (χ3v) is 6.05. The number of aromatic nitrogens is 4. The number of hydrogen-bond acceptors (Lipinski definition) is 9. The van der Waals surface area contributed by atoms with Gasteiger partial charge in [0.2, 0.25) is 0 Å². The number of hydrogen-bond donors (Lipinski definition) is 3. The summed E-state index contributed by atoms with van der Waals surface area (Å²) in [5.74, 6) is 0.488. The summed E-state index contributed by atoms with van der Waals surface area (Å²) < 4.78 is 30.3. The fraction of sp³-hybridized carbons (Fsp3) is 0.389. The van der Waals surface area contributed by atoms with E-state index in [0.29, 0.717) is 23.5 Å². The van der Waals surface area contributed by atoms with E-state index in [2.05, 4.69) is 20.3 Å². The fourth-order valence-corrected chi connectivity index (χ4v) is 3.90. The van der Waals surface area contributed by atoms with E-state index >= 15 is 0 Å². The van der Waals surface area contributed by atoms with Crippen LogP contribution < -0.4 is 5.32 Å². The Morgan fingerprint density at radius 3 is 2.48 bits per heavy atom. The Balaban J connectivity index is 1.56. The van der Waals surface area contributed by atoms with Crippen molar-refractivity contribution >= 4 is 26.8 Å².